The van der Waals surface area contributed by atoms with Gasteiger partial charge in [0.2, 0.25) is 5.88 Å². The number of para-hydroxylation sites is 1. The molecular weight excluding hydrogens is 454 g/mol. The Morgan fingerprint density at radius 3 is 2.61 bits per heavy atom. The Morgan fingerprint density at radius 1 is 1.19 bits per heavy atom. The molecule has 1 aliphatic heterocycles. The van der Waals surface area contributed by atoms with Crippen LogP contribution in [0.25, 0.3) is 5.69 Å². The van der Waals surface area contributed by atoms with E-state index in [1.54, 1.807) is 7.11 Å². The monoisotopic (exact) mass is 491 g/mol. The predicted octanol–water partition coefficient (Wildman–Crippen LogP) is 5.29. The lowest BCUT2D eigenvalue weighted by molar-refractivity contribution is 0.0442. The van der Waals surface area contributed by atoms with E-state index in [2.05, 4.69) is 11.5 Å². The van der Waals surface area contributed by atoms with Gasteiger partial charge in [0.1, 0.15) is 11.5 Å². The van der Waals surface area contributed by atoms with Crippen LogP contribution in [0.15, 0.2) is 67.3 Å². The molecule has 2 atom stereocenters. The third-order valence-corrected chi connectivity index (χ3v) is 6.45. The number of nitrogens with zero attached hydrogens (tertiary/aromatic N) is 3. The highest BCUT2D eigenvalue weighted by molar-refractivity contribution is 5.44. The number of aliphatic hydroxyl groups excluding tert-OH is 1. The van der Waals surface area contributed by atoms with Crippen LogP contribution in [-0.2, 0) is 11.3 Å². The van der Waals surface area contributed by atoms with Crippen LogP contribution in [0.4, 0.5) is 0 Å². The van der Waals surface area contributed by atoms with Crippen molar-refractivity contribution >= 4 is 0 Å². The minimum Gasteiger partial charge on any atom is -0.497 e. The van der Waals surface area contributed by atoms with Gasteiger partial charge in [-0.15, -0.1) is 6.58 Å². The lowest BCUT2D eigenvalue weighted by Gasteiger charge is -2.27. The molecule has 7 heteroatoms. The van der Waals surface area contributed by atoms with Crippen LogP contribution in [0.1, 0.15) is 36.9 Å². The molecule has 0 radical (unpaired) electrons. The molecule has 192 valence electrons. The molecular formula is C29H37N3O4. The highest BCUT2D eigenvalue weighted by Gasteiger charge is 2.25. The fourth-order valence-electron chi connectivity index (χ4n) is 4.53. The Balaban J connectivity index is 1.65. The van der Waals surface area contributed by atoms with Gasteiger partial charge in [0, 0.05) is 26.2 Å². The number of rotatable bonds is 13. The SMILES string of the molecule is C=CCC[C@H](O)CN(Cc1c(C)nn(-c2ccccc2)c1Oc1ccc(OC)cc1)C[C@@H]1CCCO1. The first-order valence-corrected chi connectivity index (χ1v) is 12.7. The first-order valence-electron chi connectivity index (χ1n) is 12.7. The van der Waals surface area contributed by atoms with Gasteiger partial charge >= 0.3 is 0 Å². The van der Waals surface area contributed by atoms with Crippen molar-refractivity contribution in [2.45, 2.75) is 51.4 Å². The molecule has 1 saturated heterocycles. The van der Waals surface area contributed by atoms with Crippen LogP contribution in [-0.4, -0.2) is 58.8 Å². The van der Waals surface area contributed by atoms with Crippen molar-refractivity contribution in [2.75, 3.05) is 26.8 Å². The van der Waals surface area contributed by atoms with E-state index >= 15 is 0 Å². The molecule has 0 saturated carbocycles. The molecule has 7 nitrogen and oxygen atoms in total. The van der Waals surface area contributed by atoms with Crippen molar-refractivity contribution in [3.63, 3.8) is 0 Å². The number of hydrogen-bond acceptors (Lipinski definition) is 6. The van der Waals surface area contributed by atoms with E-state index < -0.39 is 6.10 Å². The van der Waals surface area contributed by atoms with Crippen molar-refractivity contribution in [1.82, 2.24) is 14.7 Å². The smallest absolute Gasteiger partial charge is 0.227 e. The summed E-state index contributed by atoms with van der Waals surface area (Å²) in [6.07, 6.45) is 5.16. The Hall–Kier alpha value is -3.13. The van der Waals surface area contributed by atoms with Crippen LogP contribution < -0.4 is 9.47 Å². The molecule has 0 aliphatic carbocycles. The van der Waals surface area contributed by atoms with Crippen LogP contribution >= 0.6 is 0 Å². The van der Waals surface area contributed by atoms with Gasteiger partial charge < -0.3 is 19.3 Å². The molecule has 2 heterocycles. The Labute approximate surface area is 213 Å². The standard InChI is InChI=1S/C29H37N3O4/c1-4-5-12-24(33)19-31(20-27-13-9-18-35-27)21-28-22(2)30-32(23-10-7-6-8-11-23)29(28)36-26-16-14-25(34-3)15-17-26/h4,6-8,10-11,14-17,24,27,33H,1,5,9,12-13,18-21H2,2-3H3/t24-,27-/m0/s1. The normalized spacial score (nSPS) is 16.3. The molecule has 36 heavy (non-hydrogen) atoms. The molecule has 3 aromatic rings. The summed E-state index contributed by atoms with van der Waals surface area (Å²) in [7, 11) is 1.65. The van der Waals surface area contributed by atoms with Gasteiger partial charge in [0.15, 0.2) is 0 Å². The molecule has 2 aromatic carbocycles. The lowest BCUT2D eigenvalue weighted by Crippen LogP contribution is -2.37. The molecule has 1 fully saturated rings. The van der Waals surface area contributed by atoms with Crippen molar-refractivity contribution < 1.29 is 19.3 Å². The zero-order valence-electron chi connectivity index (χ0n) is 21.3. The van der Waals surface area contributed by atoms with E-state index in [4.69, 9.17) is 19.3 Å². The molecule has 1 aromatic heterocycles. The molecule has 4 rings (SSSR count). The summed E-state index contributed by atoms with van der Waals surface area (Å²) in [5, 5.41) is 15.6. The highest BCUT2D eigenvalue weighted by Crippen LogP contribution is 2.32. The van der Waals surface area contributed by atoms with Crippen LogP contribution in [0.5, 0.6) is 17.4 Å². The number of methoxy groups -OCH3 is 1. The third-order valence-electron chi connectivity index (χ3n) is 6.45. The summed E-state index contributed by atoms with van der Waals surface area (Å²) < 4.78 is 19.6. The van der Waals surface area contributed by atoms with Crippen LogP contribution in [0.2, 0.25) is 0 Å². The average Bonchev–Trinajstić information content (AvgIpc) is 3.52. The molecule has 0 unspecified atom stereocenters. The second-order valence-corrected chi connectivity index (χ2v) is 9.24. The lowest BCUT2D eigenvalue weighted by atomic mass is 10.1. The van der Waals surface area contributed by atoms with Gasteiger partial charge in [-0.2, -0.15) is 5.10 Å². The first-order chi connectivity index (χ1) is 17.6. The summed E-state index contributed by atoms with van der Waals surface area (Å²) >= 11 is 0. The van der Waals surface area contributed by atoms with Gasteiger partial charge in [0.25, 0.3) is 0 Å². The number of aliphatic hydroxyl groups is 1. The van der Waals surface area contributed by atoms with Gasteiger partial charge in [0.05, 0.1) is 36.3 Å². The zero-order valence-corrected chi connectivity index (χ0v) is 21.3. The summed E-state index contributed by atoms with van der Waals surface area (Å²) in [5.74, 6) is 2.14. The number of allylic oxidation sites excluding steroid dienone is 1. The number of hydrogen-bond donors (Lipinski definition) is 1. The first kappa shape index (κ1) is 25.9. The quantitative estimate of drug-likeness (QED) is 0.328. The number of aryl methyl sites for hydroxylation is 1. The molecule has 0 spiro atoms. The second kappa shape index (κ2) is 12.7. The minimum absolute atomic E-state index is 0.173. The summed E-state index contributed by atoms with van der Waals surface area (Å²) in [4.78, 5) is 2.27. The number of aromatic nitrogens is 2. The van der Waals surface area contributed by atoms with E-state index in [1.807, 2.05) is 72.3 Å². The maximum atomic E-state index is 10.7. The van der Waals surface area contributed by atoms with Crippen LogP contribution in [0.3, 0.4) is 0 Å². The summed E-state index contributed by atoms with van der Waals surface area (Å²) in [5.41, 5.74) is 2.80. The largest absolute Gasteiger partial charge is 0.497 e. The number of benzene rings is 2. The second-order valence-electron chi connectivity index (χ2n) is 9.24. The highest BCUT2D eigenvalue weighted by atomic mass is 16.5. The minimum atomic E-state index is -0.445. The van der Waals surface area contributed by atoms with Gasteiger partial charge in [-0.3, -0.25) is 4.90 Å². The van der Waals surface area contributed by atoms with Crippen molar-refractivity contribution in [3.05, 3.63) is 78.5 Å². The van der Waals surface area contributed by atoms with Crippen LogP contribution in [0, 0.1) is 6.92 Å². The Kier molecular flexibility index (Phi) is 9.17. The average molecular weight is 492 g/mol. The molecule has 0 amide bonds. The van der Waals surface area contributed by atoms with E-state index in [9.17, 15) is 5.11 Å². The van der Waals surface area contributed by atoms with Crippen molar-refractivity contribution in [3.8, 4) is 23.1 Å². The maximum Gasteiger partial charge on any atom is 0.227 e. The Morgan fingerprint density at radius 2 is 1.94 bits per heavy atom. The maximum absolute atomic E-state index is 10.7. The molecule has 1 N–H and O–H groups in total. The van der Waals surface area contributed by atoms with Gasteiger partial charge in [-0.25, -0.2) is 4.68 Å². The zero-order chi connectivity index (χ0) is 25.3. The summed E-state index contributed by atoms with van der Waals surface area (Å²) in [6, 6.07) is 17.5. The predicted molar refractivity (Wildman–Crippen MR) is 141 cm³/mol. The van der Waals surface area contributed by atoms with Gasteiger partial charge in [-0.05, 0) is 69.0 Å². The van der Waals surface area contributed by atoms with Crippen molar-refractivity contribution in [1.29, 1.82) is 0 Å². The molecule has 1 aliphatic rings. The number of ether oxygens (including phenoxy) is 3. The van der Waals surface area contributed by atoms with E-state index in [0.717, 1.165) is 55.1 Å². The van der Waals surface area contributed by atoms with E-state index in [1.165, 1.54) is 0 Å². The topological polar surface area (TPSA) is 69.0 Å². The third kappa shape index (κ3) is 6.75. The fraction of sp³-hybridized carbons (Fsp3) is 0.414. The molecule has 0 bridgehead atoms. The van der Waals surface area contributed by atoms with Gasteiger partial charge in [-0.1, -0.05) is 24.3 Å². The van der Waals surface area contributed by atoms with Crippen molar-refractivity contribution in [2.24, 2.45) is 0 Å². The van der Waals surface area contributed by atoms with E-state index in [0.29, 0.717) is 31.1 Å². The van der Waals surface area contributed by atoms with E-state index in [-0.39, 0.29) is 6.10 Å². The summed E-state index contributed by atoms with van der Waals surface area (Å²) in [6.45, 7) is 8.49. The Bertz CT molecular complexity index is 1090. The fourth-order valence-corrected chi connectivity index (χ4v) is 4.53.